The maximum Gasteiger partial charge on any atom is 0.418 e. The molecule has 0 radical (unpaired) electrons. The average Bonchev–Trinajstić information content (AvgIpc) is 3.19. The molecule has 4 rings (SSSR count). The molecule has 3 amide bonds. The lowest BCUT2D eigenvalue weighted by Crippen LogP contribution is -2.43. The molecule has 0 fully saturated rings. The number of pyridine rings is 1. The Balaban J connectivity index is 0.00000420. The van der Waals surface area contributed by atoms with Crippen LogP contribution in [0.15, 0.2) is 95.4 Å². The van der Waals surface area contributed by atoms with Crippen LogP contribution in [0, 0.1) is 5.92 Å². The van der Waals surface area contributed by atoms with Crippen molar-refractivity contribution in [3.05, 3.63) is 90.8 Å². The minimum absolute atomic E-state index is 0. The molecule has 1 atom stereocenters. The van der Waals surface area contributed by atoms with Crippen molar-refractivity contribution in [1.29, 1.82) is 0 Å². The van der Waals surface area contributed by atoms with Crippen LogP contribution in [0.25, 0.3) is 0 Å². The third kappa shape index (κ3) is 6.93. The molecule has 2 N–H and O–H groups in total. The van der Waals surface area contributed by atoms with E-state index in [-0.39, 0.29) is 29.2 Å². The fraction of sp³-hybridized carbons (Fsp3) is 0.154. The third-order valence-electron chi connectivity index (χ3n) is 5.52. The number of nitrogens with one attached hydrogen (secondary N) is 2. The second-order valence-corrected chi connectivity index (χ2v) is 8.24. The van der Waals surface area contributed by atoms with Gasteiger partial charge in [0.2, 0.25) is 6.54 Å². The standard InChI is InChI=1S/C26H21F3N6O3.BrH/c1-17-22(25(38)35(33-17)18-10-4-2-5-11-18)23(32-31-21(36)16-34-14-8-3-9-15-34)24(37)30-20-13-7-6-12-19(20)26(27,28)29;/h2-15,22H,16H2,1H3,(H-,30,31,36,37);1H/p+1. The van der Waals surface area contributed by atoms with Gasteiger partial charge in [0, 0.05) is 12.1 Å². The van der Waals surface area contributed by atoms with Crippen molar-refractivity contribution in [2.24, 2.45) is 16.1 Å². The Morgan fingerprint density at radius 1 is 1.00 bits per heavy atom. The summed E-state index contributed by atoms with van der Waals surface area (Å²) in [6.45, 7) is 1.33. The predicted molar refractivity (Wildman–Crippen MR) is 143 cm³/mol. The highest BCUT2D eigenvalue weighted by Gasteiger charge is 2.42. The molecule has 0 saturated heterocycles. The van der Waals surface area contributed by atoms with Crippen molar-refractivity contribution < 1.29 is 32.1 Å². The summed E-state index contributed by atoms with van der Waals surface area (Å²) in [4.78, 5) is 39.1. The normalized spacial score (nSPS) is 15.3. The fourth-order valence-electron chi connectivity index (χ4n) is 3.77. The zero-order chi connectivity index (χ0) is 27.3. The number of hydrogen-bond acceptors (Lipinski definition) is 5. The quantitative estimate of drug-likeness (QED) is 0.244. The number of para-hydroxylation sites is 2. The lowest BCUT2D eigenvalue weighted by molar-refractivity contribution is -0.684. The molecular formula is C26H23BrF3N6O3+. The highest BCUT2D eigenvalue weighted by atomic mass is 79.9. The Hall–Kier alpha value is -4.39. The summed E-state index contributed by atoms with van der Waals surface area (Å²) < 4.78 is 42.1. The highest BCUT2D eigenvalue weighted by molar-refractivity contribution is 8.93. The number of hydrazone groups is 2. The van der Waals surface area contributed by atoms with Gasteiger partial charge in [-0.05, 0) is 31.2 Å². The summed E-state index contributed by atoms with van der Waals surface area (Å²) in [6, 6.07) is 18.0. The molecule has 1 aliphatic heterocycles. The number of nitrogens with zero attached hydrogens (tertiary/aromatic N) is 4. The van der Waals surface area contributed by atoms with Crippen LogP contribution in [0.3, 0.4) is 0 Å². The van der Waals surface area contributed by atoms with E-state index in [1.807, 2.05) is 0 Å². The van der Waals surface area contributed by atoms with Crippen LogP contribution >= 0.6 is 17.0 Å². The van der Waals surface area contributed by atoms with E-state index in [0.717, 1.165) is 17.1 Å². The van der Waals surface area contributed by atoms with Gasteiger partial charge in [-0.1, -0.05) is 36.4 Å². The Kier molecular flexibility index (Phi) is 9.30. The number of anilines is 2. The van der Waals surface area contributed by atoms with Crippen LogP contribution < -0.4 is 20.3 Å². The van der Waals surface area contributed by atoms with Crippen LogP contribution in [0.4, 0.5) is 24.5 Å². The van der Waals surface area contributed by atoms with E-state index in [1.165, 1.54) is 19.1 Å². The first-order valence-electron chi connectivity index (χ1n) is 11.4. The van der Waals surface area contributed by atoms with Crippen molar-refractivity contribution in [3.63, 3.8) is 0 Å². The first-order valence-corrected chi connectivity index (χ1v) is 11.4. The summed E-state index contributed by atoms with van der Waals surface area (Å²) in [5.41, 5.74) is 0.710. The molecule has 9 nitrogen and oxygen atoms in total. The summed E-state index contributed by atoms with van der Waals surface area (Å²) in [5, 5.41) is 11.4. The molecule has 1 aromatic heterocycles. The van der Waals surface area contributed by atoms with Gasteiger partial charge >= 0.3 is 12.1 Å². The minimum Gasteiger partial charge on any atom is -0.320 e. The lowest BCUT2D eigenvalue weighted by atomic mass is 9.97. The molecule has 0 spiro atoms. The van der Waals surface area contributed by atoms with Crippen molar-refractivity contribution in [2.45, 2.75) is 19.6 Å². The number of hydrogen-bond donors (Lipinski definition) is 2. The van der Waals surface area contributed by atoms with Gasteiger partial charge in [0.25, 0.3) is 11.8 Å². The lowest BCUT2D eigenvalue weighted by Gasteiger charge is -2.17. The van der Waals surface area contributed by atoms with Gasteiger partial charge < -0.3 is 5.32 Å². The minimum atomic E-state index is -4.74. The van der Waals surface area contributed by atoms with Gasteiger partial charge in [0.1, 0.15) is 11.6 Å². The summed E-state index contributed by atoms with van der Waals surface area (Å²) in [7, 11) is 0. The summed E-state index contributed by atoms with van der Waals surface area (Å²) in [5.74, 6) is -3.73. The molecule has 0 saturated carbocycles. The molecule has 13 heteroatoms. The smallest absolute Gasteiger partial charge is 0.320 e. The van der Waals surface area contributed by atoms with E-state index in [4.69, 9.17) is 0 Å². The number of alkyl halides is 3. The number of benzene rings is 2. The second kappa shape index (κ2) is 12.4. The van der Waals surface area contributed by atoms with E-state index < -0.39 is 46.8 Å². The summed E-state index contributed by atoms with van der Waals surface area (Å²) in [6.07, 6.45) is -1.47. The number of carbonyl (C=O) groups is 3. The van der Waals surface area contributed by atoms with Crippen LogP contribution in [0.5, 0.6) is 0 Å². The van der Waals surface area contributed by atoms with Gasteiger partial charge in [-0.15, -0.1) is 17.0 Å². The van der Waals surface area contributed by atoms with Crippen LogP contribution in [-0.4, -0.2) is 29.1 Å². The van der Waals surface area contributed by atoms with Gasteiger partial charge in [-0.3, -0.25) is 14.4 Å². The first kappa shape index (κ1) is 29.2. The van der Waals surface area contributed by atoms with E-state index in [9.17, 15) is 27.6 Å². The highest BCUT2D eigenvalue weighted by Crippen LogP contribution is 2.34. The number of halogens is 4. The molecule has 1 unspecified atom stereocenters. The van der Waals surface area contributed by atoms with Crippen molar-refractivity contribution in [2.75, 3.05) is 10.3 Å². The Morgan fingerprint density at radius 2 is 1.62 bits per heavy atom. The third-order valence-corrected chi connectivity index (χ3v) is 5.52. The van der Waals surface area contributed by atoms with Crippen molar-refractivity contribution in [1.82, 2.24) is 5.43 Å². The largest absolute Gasteiger partial charge is 0.418 e. The Labute approximate surface area is 231 Å². The predicted octanol–water partition coefficient (Wildman–Crippen LogP) is 3.72. The topological polar surface area (TPSA) is 107 Å². The second-order valence-electron chi connectivity index (χ2n) is 8.24. The number of amides is 3. The van der Waals surface area contributed by atoms with Crippen molar-refractivity contribution >= 4 is 57.5 Å². The molecular weight excluding hydrogens is 581 g/mol. The maximum atomic E-state index is 13.5. The zero-order valence-corrected chi connectivity index (χ0v) is 22.1. The van der Waals surface area contributed by atoms with Crippen LogP contribution in [-0.2, 0) is 27.1 Å². The van der Waals surface area contributed by atoms with E-state index >= 15 is 0 Å². The van der Waals surface area contributed by atoms with E-state index in [1.54, 1.807) is 65.5 Å². The summed E-state index contributed by atoms with van der Waals surface area (Å²) >= 11 is 0. The molecule has 2 aromatic carbocycles. The molecule has 3 aromatic rings. The van der Waals surface area contributed by atoms with Gasteiger partial charge in [-0.2, -0.15) is 33.0 Å². The van der Waals surface area contributed by atoms with Gasteiger partial charge in [0.15, 0.2) is 12.4 Å². The molecule has 39 heavy (non-hydrogen) atoms. The van der Waals surface area contributed by atoms with E-state index in [2.05, 4.69) is 20.9 Å². The Morgan fingerprint density at radius 3 is 2.28 bits per heavy atom. The molecule has 0 aliphatic carbocycles. The van der Waals surface area contributed by atoms with Crippen LogP contribution in [0.2, 0.25) is 0 Å². The molecule has 0 bridgehead atoms. The SMILES string of the molecule is Br.CC1=NN(c2ccccc2)C(=O)C1/C(=N\NC(=O)C[n+]1ccccc1)C(=O)Nc1ccccc1C(F)(F)F. The van der Waals surface area contributed by atoms with Gasteiger partial charge in [-0.25, -0.2) is 5.43 Å². The number of rotatable bonds is 7. The van der Waals surface area contributed by atoms with Crippen LogP contribution in [0.1, 0.15) is 12.5 Å². The Bertz CT molecular complexity index is 1420. The molecule has 1 aliphatic rings. The average molecular weight is 604 g/mol. The monoisotopic (exact) mass is 603 g/mol. The number of carbonyl (C=O) groups excluding carboxylic acids is 3. The first-order chi connectivity index (χ1) is 18.1. The number of aromatic nitrogens is 1. The molecule has 2 heterocycles. The maximum absolute atomic E-state index is 13.5. The molecule has 202 valence electrons. The zero-order valence-electron chi connectivity index (χ0n) is 20.4. The van der Waals surface area contributed by atoms with Gasteiger partial charge in [0.05, 0.1) is 22.6 Å². The van der Waals surface area contributed by atoms with E-state index in [0.29, 0.717) is 5.69 Å². The fourth-order valence-corrected chi connectivity index (χ4v) is 3.77. The van der Waals surface area contributed by atoms with Crippen molar-refractivity contribution in [3.8, 4) is 0 Å².